The number of hydrogen-bond acceptors (Lipinski definition) is 8. The Morgan fingerprint density at radius 1 is 0.318 bits per heavy atom. The van der Waals surface area contributed by atoms with Crippen molar-refractivity contribution in [1.82, 2.24) is 28.7 Å². The predicted octanol–water partition coefficient (Wildman–Crippen LogP) is 15.0. The number of para-hydroxylation sites is 3. The minimum atomic E-state index is -0.339. The Morgan fingerprint density at radius 3 is 1.25 bits per heavy atom. The molecule has 0 spiro atoms. The standard InChI is InChI=1S/C76H44BN7O4/c78-41-42-23-25-68(61(27-42)76-80-74(43-13-3-1-4-14-43)79-75(81-76)44-15-5-2-6-16-44)82-64-20-10-7-17-55(64)58-32-45(24-26-67(58)82)50-37-69-71-70(38-50)84-66-22-12-9-19-57(66)60-34-49(47-30-53(87)40-54(88)31-47)36-63(73(60)84)77(71)62-35-48(46-28-51(85)39-52(86)29-46)33-59-56-18-8-11-21-65(56)83(69)72(59)62/h1-40,85-88H. The first-order valence-corrected chi connectivity index (χ1v) is 29.0. The lowest BCUT2D eigenvalue weighted by Crippen LogP contribution is -2.59. The molecule has 410 valence electrons. The monoisotopic (exact) mass is 1130 g/mol. The maximum absolute atomic E-state index is 10.9. The Balaban J connectivity index is 0.904. The van der Waals surface area contributed by atoms with E-state index in [4.69, 9.17) is 15.0 Å². The zero-order valence-corrected chi connectivity index (χ0v) is 46.6. The van der Waals surface area contributed by atoms with Gasteiger partial charge in [0.15, 0.2) is 17.5 Å². The molecule has 0 amide bonds. The van der Waals surface area contributed by atoms with Gasteiger partial charge in [0, 0.05) is 83.5 Å². The SMILES string of the molecule is N#Cc1ccc(-n2c3ccccc3c3cc(-c4cc5c6c(c4)-n4c7ccccc7c7cc(-c8cc(O)cc(O)c8)cc(c74)B6c4cc(-c6cc(O)cc(O)c6)cc6c7ccccc7n-5c46)ccc32)c(-c2nc(-c3ccccc3)nc(-c3ccccc3)n2)c1. The van der Waals surface area contributed by atoms with Gasteiger partial charge >= 0.3 is 0 Å². The molecule has 88 heavy (non-hydrogen) atoms. The van der Waals surface area contributed by atoms with Crippen molar-refractivity contribution >= 4 is 88.5 Å². The molecule has 18 rings (SSSR count). The lowest BCUT2D eigenvalue weighted by molar-refractivity contribution is 0.450. The first-order valence-electron chi connectivity index (χ1n) is 29.0. The van der Waals surface area contributed by atoms with E-state index in [2.05, 4.69) is 147 Å². The van der Waals surface area contributed by atoms with E-state index in [1.54, 1.807) is 24.3 Å². The van der Waals surface area contributed by atoms with Gasteiger partial charge in [0.2, 0.25) is 0 Å². The molecule has 11 nitrogen and oxygen atoms in total. The fourth-order valence-electron chi connectivity index (χ4n) is 14.3. The highest BCUT2D eigenvalue weighted by Gasteiger charge is 2.42. The van der Waals surface area contributed by atoms with E-state index >= 15 is 0 Å². The molecule has 0 bridgehead atoms. The van der Waals surface area contributed by atoms with Crippen LogP contribution in [-0.2, 0) is 0 Å². The maximum Gasteiger partial charge on any atom is 0.252 e. The summed E-state index contributed by atoms with van der Waals surface area (Å²) >= 11 is 0. The van der Waals surface area contributed by atoms with E-state index in [0.717, 1.165) is 132 Å². The summed E-state index contributed by atoms with van der Waals surface area (Å²) < 4.78 is 7.12. The van der Waals surface area contributed by atoms with Crippen LogP contribution in [0.3, 0.4) is 0 Å². The first kappa shape index (κ1) is 49.3. The van der Waals surface area contributed by atoms with Crippen molar-refractivity contribution < 1.29 is 20.4 Å². The summed E-state index contributed by atoms with van der Waals surface area (Å²) in [7, 11) is 0. The molecule has 2 aliphatic heterocycles. The van der Waals surface area contributed by atoms with E-state index in [0.29, 0.717) is 39.7 Å². The summed E-state index contributed by atoms with van der Waals surface area (Å²) in [6.45, 7) is -0.339. The zero-order chi connectivity index (χ0) is 58.6. The Labute approximate surface area is 502 Å². The van der Waals surface area contributed by atoms with Gasteiger partial charge in [-0.3, -0.25) is 0 Å². The van der Waals surface area contributed by atoms with Crippen LogP contribution in [0, 0.1) is 11.3 Å². The van der Waals surface area contributed by atoms with Gasteiger partial charge in [-0.2, -0.15) is 5.26 Å². The van der Waals surface area contributed by atoms with Crippen LogP contribution in [0.5, 0.6) is 23.0 Å². The molecule has 0 unspecified atom stereocenters. The number of benzene rings is 12. The van der Waals surface area contributed by atoms with Gasteiger partial charge in [0.05, 0.1) is 39.4 Å². The third-order valence-electron chi connectivity index (χ3n) is 17.9. The average molecular weight is 1130 g/mol. The Bertz CT molecular complexity index is 5490. The normalized spacial score (nSPS) is 12.2. The molecule has 0 saturated carbocycles. The third kappa shape index (κ3) is 7.22. The highest BCUT2D eigenvalue weighted by atomic mass is 16.3. The van der Waals surface area contributed by atoms with Crippen LogP contribution in [-0.4, -0.2) is 55.8 Å². The molecule has 12 heteroatoms. The topological polar surface area (TPSA) is 158 Å². The van der Waals surface area contributed by atoms with Crippen LogP contribution in [0.4, 0.5) is 0 Å². The average Bonchev–Trinajstić information content (AvgIpc) is 1.43. The minimum absolute atomic E-state index is 0.0335. The van der Waals surface area contributed by atoms with E-state index in [9.17, 15) is 25.7 Å². The van der Waals surface area contributed by atoms with E-state index in [-0.39, 0.29) is 29.7 Å². The second-order valence-electron chi connectivity index (χ2n) is 22.9. The zero-order valence-electron chi connectivity index (χ0n) is 46.6. The summed E-state index contributed by atoms with van der Waals surface area (Å²) in [5.74, 6) is 1.35. The van der Waals surface area contributed by atoms with Crippen molar-refractivity contribution in [3.63, 3.8) is 0 Å². The van der Waals surface area contributed by atoms with Gasteiger partial charge in [0.1, 0.15) is 23.0 Å². The number of fused-ring (bicyclic) bond motifs is 13. The molecule has 6 heterocycles. The first-order chi connectivity index (χ1) is 43.2. The molecule has 2 aliphatic rings. The molecule has 0 aliphatic carbocycles. The van der Waals surface area contributed by atoms with Crippen molar-refractivity contribution in [2.24, 2.45) is 0 Å². The fourth-order valence-corrected chi connectivity index (χ4v) is 14.3. The van der Waals surface area contributed by atoms with Crippen molar-refractivity contribution in [2.45, 2.75) is 0 Å². The third-order valence-corrected chi connectivity index (χ3v) is 17.9. The van der Waals surface area contributed by atoms with Gasteiger partial charge < -0.3 is 34.1 Å². The molecule has 12 aromatic carbocycles. The summed E-state index contributed by atoms with van der Waals surface area (Å²) in [6, 6.07) is 83.1. The molecule has 4 N–H and O–H groups in total. The second kappa shape index (κ2) is 18.4. The van der Waals surface area contributed by atoms with Crippen LogP contribution in [0.2, 0.25) is 0 Å². The number of aromatic nitrogens is 6. The van der Waals surface area contributed by atoms with E-state index in [1.165, 1.54) is 12.1 Å². The molecule has 16 aromatic rings. The Kier molecular flexibility index (Phi) is 10.3. The van der Waals surface area contributed by atoms with Crippen LogP contribution in [0.1, 0.15) is 5.56 Å². The Morgan fingerprint density at radius 2 is 0.739 bits per heavy atom. The van der Waals surface area contributed by atoms with Crippen molar-refractivity contribution in [3.05, 3.63) is 248 Å². The molecule has 0 atom stereocenters. The number of nitrogens with zero attached hydrogens (tertiary/aromatic N) is 7. The van der Waals surface area contributed by atoms with Crippen LogP contribution in [0.25, 0.3) is 150 Å². The minimum Gasteiger partial charge on any atom is -0.508 e. The lowest BCUT2D eigenvalue weighted by Gasteiger charge is -2.34. The highest BCUT2D eigenvalue weighted by Crippen LogP contribution is 2.45. The summed E-state index contributed by atoms with van der Waals surface area (Å²) in [5, 5.41) is 60.5. The summed E-state index contributed by atoms with van der Waals surface area (Å²) in [5.41, 5.74) is 20.1. The van der Waals surface area contributed by atoms with Crippen molar-refractivity contribution in [2.75, 3.05) is 0 Å². The number of aromatic hydroxyl groups is 4. The van der Waals surface area contributed by atoms with E-state index in [1.807, 2.05) is 78.9 Å². The number of rotatable bonds is 7. The quantitative estimate of drug-likeness (QED) is 0.115. The lowest BCUT2D eigenvalue weighted by atomic mass is 9.34. The smallest absolute Gasteiger partial charge is 0.252 e. The molecular weight excluding hydrogens is 1090 g/mol. The molecule has 0 radical (unpaired) electrons. The molecule has 0 saturated heterocycles. The largest absolute Gasteiger partial charge is 0.508 e. The van der Waals surface area contributed by atoms with Crippen molar-refractivity contribution in [1.29, 1.82) is 5.26 Å². The van der Waals surface area contributed by atoms with Gasteiger partial charge in [-0.15, -0.1) is 0 Å². The van der Waals surface area contributed by atoms with Crippen LogP contribution >= 0.6 is 0 Å². The molecule has 0 fully saturated rings. The van der Waals surface area contributed by atoms with Gasteiger partial charge in [0.25, 0.3) is 6.71 Å². The second-order valence-corrected chi connectivity index (χ2v) is 22.9. The van der Waals surface area contributed by atoms with Gasteiger partial charge in [-0.25, -0.2) is 15.0 Å². The summed E-state index contributed by atoms with van der Waals surface area (Å²) in [4.78, 5) is 15.3. The highest BCUT2D eigenvalue weighted by molar-refractivity contribution is 7.00. The van der Waals surface area contributed by atoms with Gasteiger partial charge in [-0.05, 0) is 147 Å². The van der Waals surface area contributed by atoms with Gasteiger partial charge in [-0.1, -0.05) is 133 Å². The molecular formula is C76H44BN7O4. The van der Waals surface area contributed by atoms with E-state index < -0.39 is 0 Å². The maximum atomic E-state index is 10.9. The fraction of sp³-hybridized carbons (Fsp3) is 0. The number of nitriles is 1. The summed E-state index contributed by atoms with van der Waals surface area (Å²) in [6.07, 6.45) is 0. The van der Waals surface area contributed by atoms with Crippen LogP contribution in [0.15, 0.2) is 243 Å². The van der Waals surface area contributed by atoms with Crippen LogP contribution < -0.4 is 16.4 Å². The number of hydrogen-bond donors (Lipinski definition) is 4. The Hall–Kier alpha value is -12.2. The van der Waals surface area contributed by atoms with Crippen molar-refractivity contribution in [3.8, 4) is 114 Å². The predicted molar refractivity (Wildman–Crippen MR) is 351 cm³/mol. The number of phenols is 4. The number of phenolic OH excluding ortho intramolecular Hbond substituents is 4. The molecule has 4 aromatic heterocycles.